The van der Waals surface area contributed by atoms with E-state index in [1.165, 1.54) is 0 Å². The van der Waals surface area contributed by atoms with Crippen molar-refractivity contribution in [2.24, 2.45) is 0 Å². The maximum Gasteiger partial charge on any atom is 0.212 e. The number of sulfonamides is 1. The van der Waals surface area contributed by atoms with Crippen LogP contribution in [0.4, 0.5) is 0 Å². The standard InChI is InChI=1S/C25H32N6O2S/c1-3-31(4-2)16-9-17-34(32,33)30-23(15-14-20-10-6-5-7-11-20)25-27-24(28-29-25)22-13-8-12-21(18-22)19-26/h5-8,10-13,18,23,30H,3-4,9,14-17H2,1-2H3,(H,27,28,29)/t23-/m1/s1. The van der Waals surface area contributed by atoms with Crippen molar-refractivity contribution >= 4 is 10.0 Å². The third-order valence-electron chi connectivity index (χ3n) is 5.75. The van der Waals surface area contributed by atoms with Gasteiger partial charge in [0, 0.05) is 5.56 Å². The van der Waals surface area contributed by atoms with Crippen LogP contribution >= 0.6 is 0 Å². The van der Waals surface area contributed by atoms with Crippen molar-refractivity contribution in [3.63, 3.8) is 0 Å². The lowest BCUT2D eigenvalue weighted by atomic mass is 10.1. The first-order chi connectivity index (χ1) is 16.4. The molecule has 0 aliphatic rings. The lowest BCUT2D eigenvalue weighted by Gasteiger charge is -2.19. The minimum absolute atomic E-state index is 0.0521. The molecule has 8 nitrogen and oxygen atoms in total. The van der Waals surface area contributed by atoms with Crippen molar-refractivity contribution in [2.75, 3.05) is 25.4 Å². The molecule has 0 saturated heterocycles. The highest BCUT2D eigenvalue weighted by molar-refractivity contribution is 7.89. The fourth-order valence-electron chi connectivity index (χ4n) is 3.79. The zero-order valence-electron chi connectivity index (χ0n) is 19.7. The number of nitrogens with zero attached hydrogens (tertiary/aromatic N) is 4. The Kier molecular flexibility index (Phi) is 9.33. The molecule has 1 atom stereocenters. The summed E-state index contributed by atoms with van der Waals surface area (Å²) in [7, 11) is -3.52. The number of H-pyrrole nitrogens is 1. The molecule has 0 aliphatic heterocycles. The highest BCUT2D eigenvalue weighted by atomic mass is 32.2. The predicted octanol–water partition coefficient (Wildman–Crippen LogP) is 3.67. The van der Waals surface area contributed by atoms with Gasteiger partial charge in [0.2, 0.25) is 10.0 Å². The third kappa shape index (κ3) is 7.48. The summed E-state index contributed by atoms with van der Waals surface area (Å²) >= 11 is 0. The monoisotopic (exact) mass is 480 g/mol. The number of benzene rings is 2. The number of rotatable bonds is 13. The molecule has 1 heterocycles. The summed E-state index contributed by atoms with van der Waals surface area (Å²) in [6.45, 7) is 6.69. The molecule has 9 heteroatoms. The van der Waals surface area contributed by atoms with Gasteiger partial charge in [-0.25, -0.2) is 18.1 Å². The van der Waals surface area contributed by atoms with Crippen molar-refractivity contribution in [3.8, 4) is 17.5 Å². The van der Waals surface area contributed by atoms with E-state index in [-0.39, 0.29) is 5.75 Å². The molecule has 3 rings (SSSR count). The largest absolute Gasteiger partial charge is 0.304 e. The first kappa shape index (κ1) is 25.6. The molecular weight excluding hydrogens is 448 g/mol. The normalized spacial score (nSPS) is 12.5. The maximum atomic E-state index is 12.9. The van der Waals surface area contributed by atoms with Gasteiger partial charge in [0.25, 0.3) is 0 Å². The number of aromatic nitrogens is 3. The lowest BCUT2D eigenvalue weighted by Crippen LogP contribution is -2.33. The molecule has 2 N–H and O–H groups in total. The summed E-state index contributed by atoms with van der Waals surface area (Å²) < 4.78 is 28.7. The van der Waals surface area contributed by atoms with Crippen LogP contribution in [0.5, 0.6) is 0 Å². The van der Waals surface area contributed by atoms with Crippen LogP contribution in [-0.2, 0) is 16.4 Å². The van der Waals surface area contributed by atoms with Gasteiger partial charge in [-0.15, -0.1) is 0 Å². The predicted molar refractivity (Wildman–Crippen MR) is 133 cm³/mol. The van der Waals surface area contributed by atoms with E-state index in [1.54, 1.807) is 18.2 Å². The van der Waals surface area contributed by atoms with Gasteiger partial charge in [-0.2, -0.15) is 10.4 Å². The molecule has 34 heavy (non-hydrogen) atoms. The molecule has 0 unspecified atom stereocenters. The molecule has 0 radical (unpaired) electrons. The smallest absolute Gasteiger partial charge is 0.212 e. The van der Waals surface area contributed by atoms with Crippen LogP contribution < -0.4 is 4.72 Å². The Balaban J connectivity index is 1.77. The van der Waals surface area contributed by atoms with Gasteiger partial charge in [0.1, 0.15) is 5.82 Å². The number of aromatic amines is 1. The summed E-state index contributed by atoms with van der Waals surface area (Å²) in [5.74, 6) is 0.939. The third-order valence-corrected chi connectivity index (χ3v) is 7.22. The second-order valence-electron chi connectivity index (χ2n) is 8.13. The summed E-state index contributed by atoms with van der Waals surface area (Å²) in [5.41, 5.74) is 2.33. The molecule has 1 aromatic heterocycles. The van der Waals surface area contributed by atoms with Gasteiger partial charge in [0.05, 0.1) is 23.4 Å². The molecule has 3 aromatic rings. The number of hydrogen-bond acceptors (Lipinski definition) is 6. The maximum absolute atomic E-state index is 12.9. The number of hydrogen-bond donors (Lipinski definition) is 2. The Hall–Kier alpha value is -3.06. The summed E-state index contributed by atoms with van der Waals surface area (Å²) in [6, 6.07) is 18.5. The van der Waals surface area contributed by atoms with Crippen molar-refractivity contribution in [1.82, 2.24) is 24.8 Å². The highest BCUT2D eigenvalue weighted by Crippen LogP contribution is 2.22. The second kappa shape index (κ2) is 12.4. The van der Waals surface area contributed by atoms with Crippen LogP contribution in [0.25, 0.3) is 11.4 Å². The van der Waals surface area contributed by atoms with E-state index in [1.807, 2.05) is 36.4 Å². The van der Waals surface area contributed by atoms with Crippen LogP contribution in [0.2, 0.25) is 0 Å². The highest BCUT2D eigenvalue weighted by Gasteiger charge is 2.23. The number of nitrogens with one attached hydrogen (secondary N) is 2. The van der Waals surface area contributed by atoms with E-state index in [9.17, 15) is 8.42 Å². The number of nitriles is 1. The van der Waals surface area contributed by atoms with Gasteiger partial charge in [-0.05, 0) is 56.6 Å². The van der Waals surface area contributed by atoms with E-state index < -0.39 is 16.1 Å². The molecule has 0 spiro atoms. The molecule has 180 valence electrons. The Labute approximate surface area is 202 Å². The van der Waals surface area contributed by atoms with Crippen LogP contribution in [0.1, 0.15) is 49.7 Å². The Morgan fingerprint density at radius 2 is 1.88 bits per heavy atom. The van der Waals surface area contributed by atoms with Crippen molar-refractivity contribution < 1.29 is 8.42 Å². The Morgan fingerprint density at radius 3 is 2.59 bits per heavy atom. The molecule has 0 aliphatic carbocycles. The first-order valence-corrected chi connectivity index (χ1v) is 13.3. The summed E-state index contributed by atoms with van der Waals surface area (Å²) in [5, 5.41) is 16.4. The van der Waals surface area contributed by atoms with E-state index in [2.05, 4.69) is 44.7 Å². The summed E-state index contributed by atoms with van der Waals surface area (Å²) in [6.07, 6.45) is 1.78. The molecule has 0 bridgehead atoms. The molecule has 0 saturated carbocycles. The average Bonchev–Trinajstić information content (AvgIpc) is 3.35. The fraction of sp³-hybridized carbons (Fsp3) is 0.400. The van der Waals surface area contributed by atoms with Crippen molar-refractivity contribution in [1.29, 1.82) is 5.26 Å². The van der Waals surface area contributed by atoms with Gasteiger partial charge >= 0.3 is 0 Å². The van der Waals surface area contributed by atoms with Gasteiger partial charge in [-0.1, -0.05) is 56.3 Å². The SMILES string of the molecule is CCN(CC)CCCS(=O)(=O)N[C@H](CCc1ccccc1)c1nc(-c2cccc(C#N)c2)n[nH]1. The van der Waals surface area contributed by atoms with Gasteiger partial charge in [-0.3, -0.25) is 5.10 Å². The van der Waals surface area contributed by atoms with E-state index in [0.29, 0.717) is 42.0 Å². The minimum atomic E-state index is -3.52. The quantitative estimate of drug-likeness (QED) is 0.386. The minimum Gasteiger partial charge on any atom is -0.304 e. The van der Waals surface area contributed by atoms with E-state index >= 15 is 0 Å². The van der Waals surface area contributed by atoms with E-state index in [0.717, 1.165) is 25.2 Å². The Morgan fingerprint density at radius 1 is 1.12 bits per heavy atom. The van der Waals surface area contributed by atoms with Crippen LogP contribution in [0.15, 0.2) is 54.6 Å². The summed E-state index contributed by atoms with van der Waals surface area (Å²) in [4.78, 5) is 6.79. The molecular formula is C25H32N6O2S. The van der Waals surface area contributed by atoms with Crippen molar-refractivity contribution in [2.45, 2.75) is 39.2 Å². The zero-order valence-corrected chi connectivity index (χ0v) is 20.6. The Bertz CT molecular complexity index is 1180. The topological polar surface area (TPSA) is 115 Å². The molecule has 2 aromatic carbocycles. The zero-order chi connectivity index (χ0) is 24.4. The first-order valence-electron chi connectivity index (χ1n) is 11.6. The average molecular weight is 481 g/mol. The lowest BCUT2D eigenvalue weighted by molar-refractivity contribution is 0.304. The van der Waals surface area contributed by atoms with Gasteiger partial charge in [0.15, 0.2) is 5.82 Å². The molecule has 0 fully saturated rings. The van der Waals surface area contributed by atoms with Crippen molar-refractivity contribution in [3.05, 3.63) is 71.5 Å². The second-order valence-corrected chi connectivity index (χ2v) is 10.0. The van der Waals surface area contributed by atoms with Crippen LogP contribution in [0.3, 0.4) is 0 Å². The van der Waals surface area contributed by atoms with Gasteiger partial charge < -0.3 is 4.90 Å². The fourth-order valence-corrected chi connectivity index (χ4v) is 5.08. The molecule has 0 amide bonds. The number of aryl methyl sites for hydroxylation is 1. The van der Waals surface area contributed by atoms with E-state index in [4.69, 9.17) is 5.26 Å². The van der Waals surface area contributed by atoms with Crippen LogP contribution in [-0.4, -0.2) is 53.9 Å². The van der Waals surface area contributed by atoms with Crippen LogP contribution in [0, 0.1) is 11.3 Å².